The molecule has 1 atom stereocenters. The van der Waals surface area contributed by atoms with Gasteiger partial charge in [-0.05, 0) is 24.7 Å². The fraction of sp³-hybridized carbons (Fsp3) is 0.333. The summed E-state index contributed by atoms with van der Waals surface area (Å²) in [5, 5.41) is 12.4. The Morgan fingerprint density at radius 2 is 2.19 bits per heavy atom. The van der Waals surface area contributed by atoms with Gasteiger partial charge in [-0.25, -0.2) is 0 Å². The molecule has 0 bridgehead atoms. The van der Waals surface area contributed by atoms with Crippen LogP contribution in [0.3, 0.4) is 0 Å². The molecule has 0 spiro atoms. The molecular formula is C9H13NO5S. The maximum absolute atomic E-state index is 10.5. The zero-order valence-electron chi connectivity index (χ0n) is 8.62. The topological polar surface area (TPSA) is 95.9 Å². The monoisotopic (exact) mass is 247 g/mol. The van der Waals surface area contributed by atoms with Gasteiger partial charge in [0.05, 0.1) is 6.10 Å². The molecule has 0 radical (unpaired) electrons. The second kappa shape index (κ2) is 5.26. The van der Waals surface area contributed by atoms with Crippen LogP contribution in [-0.4, -0.2) is 31.7 Å². The van der Waals surface area contributed by atoms with Crippen molar-refractivity contribution in [3.63, 3.8) is 0 Å². The van der Waals surface area contributed by atoms with E-state index in [0.29, 0.717) is 12.1 Å². The van der Waals surface area contributed by atoms with E-state index in [9.17, 15) is 13.5 Å². The maximum atomic E-state index is 10.5. The molecule has 0 unspecified atom stereocenters. The van der Waals surface area contributed by atoms with Crippen LogP contribution in [0.5, 0.6) is 5.75 Å². The predicted octanol–water partition coefficient (Wildman–Crippen LogP) is 0.121. The second-order valence-corrected chi connectivity index (χ2v) is 4.18. The Hall–Kier alpha value is -1.15. The van der Waals surface area contributed by atoms with Crippen molar-refractivity contribution in [3.05, 3.63) is 29.8 Å². The Morgan fingerprint density at radius 1 is 1.50 bits per heavy atom. The number of aliphatic hydroxyl groups excluding tert-OH is 1. The third kappa shape index (κ3) is 4.15. The standard InChI is InChI=1S/C9H13NO5S/c1-10-6-9(11)7-3-2-4-8(5-7)15-16(12,13)14/h2-5,9-11H,6H2,1H3,(H,12,13,14)/t9-/m0/s1. The number of benzene rings is 1. The molecule has 0 amide bonds. The van der Waals surface area contributed by atoms with E-state index in [0.717, 1.165) is 0 Å². The van der Waals surface area contributed by atoms with Crippen LogP contribution >= 0.6 is 0 Å². The Kier molecular flexibility index (Phi) is 4.25. The molecule has 1 aromatic rings. The van der Waals surface area contributed by atoms with E-state index in [4.69, 9.17) is 4.55 Å². The molecule has 0 aliphatic carbocycles. The molecule has 16 heavy (non-hydrogen) atoms. The van der Waals surface area contributed by atoms with E-state index in [1.807, 2.05) is 0 Å². The molecule has 0 heterocycles. The third-order valence-corrected chi connectivity index (χ3v) is 2.24. The summed E-state index contributed by atoms with van der Waals surface area (Å²) in [6, 6.07) is 5.85. The van der Waals surface area contributed by atoms with Gasteiger partial charge in [-0.1, -0.05) is 12.1 Å². The van der Waals surface area contributed by atoms with Crippen molar-refractivity contribution in [2.24, 2.45) is 0 Å². The van der Waals surface area contributed by atoms with E-state index >= 15 is 0 Å². The molecule has 0 aromatic heterocycles. The van der Waals surface area contributed by atoms with Crippen LogP contribution in [0.1, 0.15) is 11.7 Å². The highest BCUT2D eigenvalue weighted by atomic mass is 32.3. The molecule has 0 saturated carbocycles. The molecule has 1 aromatic carbocycles. The molecule has 3 N–H and O–H groups in total. The van der Waals surface area contributed by atoms with Gasteiger partial charge in [-0.2, -0.15) is 8.42 Å². The number of rotatable bonds is 5. The van der Waals surface area contributed by atoms with Crippen LogP contribution in [-0.2, 0) is 10.4 Å². The zero-order valence-corrected chi connectivity index (χ0v) is 9.44. The summed E-state index contributed by atoms with van der Waals surface area (Å²) in [4.78, 5) is 0. The summed E-state index contributed by atoms with van der Waals surface area (Å²) in [6.45, 7) is 0.329. The number of hydrogen-bond donors (Lipinski definition) is 3. The van der Waals surface area contributed by atoms with Crippen LogP contribution in [0.2, 0.25) is 0 Å². The Bertz CT molecular complexity index is 445. The first-order chi connectivity index (χ1) is 7.42. The lowest BCUT2D eigenvalue weighted by atomic mass is 10.1. The van der Waals surface area contributed by atoms with Gasteiger partial charge in [-0.3, -0.25) is 4.55 Å². The summed E-state index contributed by atoms with van der Waals surface area (Å²) in [6.07, 6.45) is -0.769. The van der Waals surface area contributed by atoms with Crippen molar-refractivity contribution >= 4 is 10.4 Å². The normalized spacial score (nSPS) is 13.4. The molecule has 6 nitrogen and oxygen atoms in total. The average molecular weight is 247 g/mol. The van der Waals surface area contributed by atoms with E-state index in [1.54, 1.807) is 13.1 Å². The van der Waals surface area contributed by atoms with Crippen LogP contribution in [0.15, 0.2) is 24.3 Å². The highest BCUT2D eigenvalue weighted by molar-refractivity contribution is 7.81. The molecule has 0 fully saturated rings. The second-order valence-electron chi connectivity index (χ2n) is 3.16. The van der Waals surface area contributed by atoms with Gasteiger partial charge in [-0.15, -0.1) is 0 Å². The Labute approximate surface area is 93.8 Å². The van der Waals surface area contributed by atoms with E-state index < -0.39 is 16.5 Å². The molecule has 0 saturated heterocycles. The molecule has 7 heteroatoms. The first-order valence-corrected chi connectivity index (χ1v) is 5.88. The third-order valence-electron chi connectivity index (χ3n) is 1.84. The summed E-state index contributed by atoms with van der Waals surface area (Å²) < 4.78 is 33.7. The van der Waals surface area contributed by atoms with Crippen molar-refractivity contribution in [1.29, 1.82) is 0 Å². The van der Waals surface area contributed by atoms with Crippen LogP contribution < -0.4 is 9.50 Å². The van der Waals surface area contributed by atoms with E-state index in [-0.39, 0.29) is 5.75 Å². The van der Waals surface area contributed by atoms with Gasteiger partial charge >= 0.3 is 10.4 Å². The van der Waals surface area contributed by atoms with Crippen LogP contribution in [0.4, 0.5) is 0 Å². The lowest BCUT2D eigenvalue weighted by molar-refractivity contribution is 0.177. The largest absolute Gasteiger partial charge is 0.446 e. The molecule has 1 rings (SSSR count). The van der Waals surface area contributed by atoms with Crippen molar-refractivity contribution in [2.75, 3.05) is 13.6 Å². The van der Waals surface area contributed by atoms with Gasteiger partial charge in [0.1, 0.15) is 5.75 Å². The Morgan fingerprint density at radius 3 is 2.75 bits per heavy atom. The molecular weight excluding hydrogens is 234 g/mol. The highest BCUT2D eigenvalue weighted by Gasteiger charge is 2.10. The Balaban J connectivity index is 2.86. The SMILES string of the molecule is CNC[C@H](O)c1cccc(OS(=O)(=O)O)c1. The van der Waals surface area contributed by atoms with Gasteiger partial charge in [0.2, 0.25) is 0 Å². The number of nitrogens with one attached hydrogen (secondary N) is 1. The summed E-state index contributed by atoms with van der Waals surface area (Å²) >= 11 is 0. The van der Waals surface area contributed by atoms with E-state index in [1.165, 1.54) is 18.2 Å². The fourth-order valence-electron chi connectivity index (χ4n) is 1.21. The summed E-state index contributed by atoms with van der Waals surface area (Å²) in [7, 11) is -2.85. The summed E-state index contributed by atoms with van der Waals surface area (Å²) in [5.41, 5.74) is 0.496. The van der Waals surface area contributed by atoms with Gasteiger partial charge < -0.3 is 14.6 Å². The van der Waals surface area contributed by atoms with Crippen molar-refractivity contribution in [2.45, 2.75) is 6.10 Å². The van der Waals surface area contributed by atoms with Crippen molar-refractivity contribution in [1.82, 2.24) is 5.32 Å². The first kappa shape index (κ1) is 12.9. The predicted molar refractivity (Wildman–Crippen MR) is 57.5 cm³/mol. The first-order valence-electron chi connectivity index (χ1n) is 4.52. The molecule has 90 valence electrons. The average Bonchev–Trinajstić information content (AvgIpc) is 2.16. The summed E-state index contributed by atoms with van der Waals surface area (Å²) in [5.74, 6) is -0.0462. The number of hydrogen-bond acceptors (Lipinski definition) is 5. The number of aliphatic hydroxyl groups is 1. The highest BCUT2D eigenvalue weighted by Crippen LogP contribution is 2.19. The quantitative estimate of drug-likeness (QED) is 0.640. The van der Waals surface area contributed by atoms with Gasteiger partial charge in [0.15, 0.2) is 0 Å². The van der Waals surface area contributed by atoms with Gasteiger partial charge in [0, 0.05) is 6.54 Å². The fourth-order valence-corrected chi connectivity index (χ4v) is 1.55. The van der Waals surface area contributed by atoms with Gasteiger partial charge in [0.25, 0.3) is 0 Å². The minimum absolute atomic E-state index is 0.0462. The van der Waals surface area contributed by atoms with Crippen molar-refractivity contribution in [3.8, 4) is 5.75 Å². The zero-order chi connectivity index (χ0) is 12.2. The van der Waals surface area contributed by atoms with Crippen molar-refractivity contribution < 1.29 is 22.3 Å². The minimum Gasteiger partial charge on any atom is -0.387 e. The lowest BCUT2D eigenvalue weighted by Crippen LogP contribution is -2.16. The smallest absolute Gasteiger partial charge is 0.387 e. The maximum Gasteiger partial charge on any atom is 0.446 e. The lowest BCUT2D eigenvalue weighted by Gasteiger charge is -2.11. The molecule has 0 aliphatic rings. The van der Waals surface area contributed by atoms with Crippen LogP contribution in [0.25, 0.3) is 0 Å². The van der Waals surface area contributed by atoms with E-state index in [2.05, 4.69) is 9.50 Å². The molecule has 0 aliphatic heterocycles. The minimum atomic E-state index is -4.53. The van der Waals surface area contributed by atoms with Crippen LogP contribution in [0, 0.1) is 0 Å². The number of likely N-dealkylation sites (N-methyl/N-ethyl adjacent to an activating group) is 1.